The van der Waals surface area contributed by atoms with Gasteiger partial charge >= 0.3 is 11.9 Å². The average Bonchev–Trinajstić information content (AvgIpc) is 2.32. The number of benzene rings is 1. The first-order valence-corrected chi connectivity index (χ1v) is 5.63. The molecule has 0 fully saturated rings. The van der Waals surface area contributed by atoms with Gasteiger partial charge in [-0.25, -0.2) is 4.79 Å². The van der Waals surface area contributed by atoms with E-state index in [4.69, 9.17) is 4.74 Å². The van der Waals surface area contributed by atoms with E-state index in [9.17, 15) is 9.59 Å². The van der Waals surface area contributed by atoms with Gasteiger partial charge in [0.1, 0.15) is 5.75 Å². The third-order valence-corrected chi connectivity index (χ3v) is 2.36. The largest absolute Gasteiger partial charge is 0.495 e. The summed E-state index contributed by atoms with van der Waals surface area (Å²) in [6.07, 6.45) is 0. The Morgan fingerprint density at radius 3 is 2.50 bits per heavy atom. The SMILES string of the molecule is CCOC(=O)C(=O)Nc1c(C)cc(C)cc1OC. The van der Waals surface area contributed by atoms with Gasteiger partial charge in [0.25, 0.3) is 0 Å². The van der Waals surface area contributed by atoms with Crippen LogP contribution in [0.2, 0.25) is 0 Å². The highest BCUT2D eigenvalue weighted by atomic mass is 16.5. The van der Waals surface area contributed by atoms with Crippen LogP contribution in [0, 0.1) is 13.8 Å². The topological polar surface area (TPSA) is 64.6 Å². The Morgan fingerprint density at radius 2 is 1.94 bits per heavy atom. The lowest BCUT2D eigenvalue weighted by Crippen LogP contribution is -2.25. The van der Waals surface area contributed by atoms with Crippen LogP contribution in [0.3, 0.4) is 0 Å². The third kappa shape index (κ3) is 3.23. The number of nitrogens with one attached hydrogen (secondary N) is 1. The summed E-state index contributed by atoms with van der Waals surface area (Å²) in [4.78, 5) is 22.8. The zero-order valence-corrected chi connectivity index (χ0v) is 11.0. The number of esters is 1. The monoisotopic (exact) mass is 251 g/mol. The van der Waals surface area contributed by atoms with Gasteiger partial charge in [0.15, 0.2) is 0 Å². The molecule has 0 saturated carbocycles. The fraction of sp³-hybridized carbons (Fsp3) is 0.385. The lowest BCUT2D eigenvalue weighted by atomic mass is 10.1. The number of carbonyl (C=O) groups excluding carboxylic acids is 2. The molecule has 1 amide bonds. The van der Waals surface area contributed by atoms with Crippen LogP contribution >= 0.6 is 0 Å². The molecular formula is C13H17NO4. The number of aryl methyl sites for hydroxylation is 2. The van der Waals surface area contributed by atoms with E-state index in [0.29, 0.717) is 11.4 Å². The number of carbonyl (C=O) groups is 2. The van der Waals surface area contributed by atoms with Crippen molar-refractivity contribution in [1.82, 2.24) is 0 Å². The van der Waals surface area contributed by atoms with E-state index < -0.39 is 11.9 Å². The highest BCUT2D eigenvalue weighted by molar-refractivity contribution is 6.37. The molecule has 0 heterocycles. The van der Waals surface area contributed by atoms with Crippen molar-refractivity contribution < 1.29 is 19.1 Å². The molecule has 0 atom stereocenters. The van der Waals surface area contributed by atoms with Crippen molar-refractivity contribution in [3.63, 3.8) is 0 Å². The van der Waals surface area contributed by atoms with Gasteiger partial charge in [-0.3, -0.25) is 4.79 Å². The van der Waals surface area contributed by atoms with Crippen molar-refractivity contribution in [2.45, 2.75) is 20.8 Å². The Kier molecular flexibility index (Phi) is 4.71. The molecule has 0 radical (unpaired) electrons. The number of anilines is 1. The molecule has 1 aromatic carbocycles. The van der Waals surface area contributed by atoms with Gasteiger partial charge in [0.2, 0.25) is 0 Å². The maximum Gasteiger partial charge on any atom is 0.397 e. The first kappa shape index (κ1) is 14.0. The predicted octanol–water partition coefficient (Wildman–Crippen LogP) is 1.81. The van der Waals surface area contributed by atoms with Crippen LogP contribution in [0.4, 0.5) is 5.69 Å². The molecule has 5 nitrogen and oxygen atoms in total. The Labute approximate surface area is 106 Å². The Bertz CT molecular complexity index is 468. The third-order valence-electron chi connectivity index (χ3n) is 2.36. The highest BCUT2D eigenvalue weighted by Gasteiger charge is 2.18. The predicted molar refractivity (Wildman–Crippen MR) is 67.7 cm³/mol. The van der Waals surface area contributed by atoms with Crippen LogP contribution in [-0.2, 0) is 14.3 Å². The van der Waals surface area contributed by atoms with E-state index in [0.717, 1.165) is 11.1 Å². The average molecular weight is 251 g/mol. The van der Waals surface area contributed by atoms with Crippen molar-refractivity contribution in [3.8, 4) is 5.75 Å². The van der Waals surface area contributed by atoms with E-state index in [2.05, 4.69) is 10.1 Å². The Hall–Kier alpha value is -2.04. The molecule has 0 unspecified atom stereocenters. The number of hydrogen-bond acceptors (Lipinski definition) is 4. The molecule has 0 aliphatic rings. The summed E-state index contributed by atoms with van der Waals surface area (Å²) in [5.41, 5.74) is 2.32. The zero-order chi connectivity index (χ0) is 13.7. The van der Waals surface area contributed by atoms with Gasteiger partial charge in [-0.1, -0.05) is 6.07 Å². The van der Waals surface area contributed by atoms with Crippen LogP contribution in [-0.4, -0.2) is 25.6 Å². The summed E-state index contributed by atoms with van der Waals surface area (Å²) in [7, 11) is 1.51. The van der Waals surface area contributed by atoms with Gasteiger partial charge in [0.05, 0.1) is 19.4 Å². The normalized spacial score (nSPS) is 9.78. The standard InChI is InChI=1S/C13H17NO4/c1-5-18-13(16)12(15)14-11-9(3)6-8(2)7-10(11)17-4/h6-7H,5H2,1-4H3,(H,14,15). The summed E-state index contributed by atoms with van der Waals surface area (Å²) >= 11 is 0. The fourth-order valence-electron chi connectivity index (χ4n) is 1.61. The van der Waals surface area contributed by atoms with Crippen LogP contribution in [0.15, 0.2) is 12.1 Å². The molecule has 0 bridgehead atoms. The number of ether oxygens (including phenoxy) is 2. The van der Waals surface area contributed by atoms with E-state index in [-0.39, 0.29) is 6.61 Å². The second-order valence-electron chi connectivity index (χ2n) is 3.83. The van der Waals surface area contributed by atoms with Crippen molar-refractivity contribution in [2.75, 3.05) is 19.0 Å². The van der Waals surface area contributed by atoms with Gasteiger partial charge in [-0.05, 0) is 38.0 Å². The quantitative estimate of drug-likeness (QED) is 0.657. The molecule has 0 aliphatic heterocycles. The van der Waals surface area contributed by atoms with Gasteiger partial charge in [-0.15, -0.1) is 0 Å². The highest BCUT2D eigenvalue weighted by Crippen LogP contribution is 2.29. The lowest BCUT2D eigenvalue weighted by Gasteiger charge is -2.13. The minimum atomic E-state index is -0.903. The van der Waals surface area contributed by atoms with Gasteiger partial charge in [-0.2, -0.15) is 0 Å². The Balaban J connectivity index is 2.97. The molecule has 0 aliphatic carbocycles. The second-order valence-corrected chi connectivity index (χ2v) is 3.83. The summed E-state index contributed by atoms with van der Waals surface area (Å²) in [6.45, 7) is 5.56. The minimum absolute atomic E-state index is 0.163. The van der Waals surface area contributed by atoms with Crippen molar-refractivity contribution in [2.24, 2.45) is 0 Å². The van der Waals surface area contributed by atoms with E-state index in [1.165, 1.54) is 7.11 Å². The first-order valence-electron chi connectivity index (χ1n) is 5.63. The summed E-state index contributed by atoms with van der Waals surface area (Å²) in [5, 5.41) is 2.50. The molecule has 1 aromatic rings. The molecular weight excluding hydrogens is 234 g/mol. The molecule has 18 heavy (non-hydrogen) atoms. The molecule has 5 heteroatoms. The smallest absolute Gasteiger partial charge is 0.397 e. The maximum absolute atomic E-state index is 11.6. The minimum Gasteiger partial charge on any atom is -0.495 e. The number of hydrogen-bond donors (Lipinski definition) is 1. The zero-order valence-electron chi connectivity index (χ0n) is 11.0. The maximum atomic E-state index is 11.6. The van der Waals surface area contributed by atoms with E-state index in [1.54, 1.807) is 13.0 Å². The Morgan fingerprint density at radius 1 is 1.28 bits per heavy atom. The van der Waals surface area contributed by atoms with Crippen LogP contribution in [0.5, 0.6) is 5.75 Å². The van der Waals surface area contributed by atoms with E-state index >= 15 is 0 Å². The molecule has 0 spiro atoms. The first-order chi connectivity index (χ1) is 8.49. The molecule has 0 saturated heterocycles. The van der Waals surface area contributed by atoms with Crippen LogP contribution in [0.25, 0.3) is 0 Å². The molecule has 1 N–H and O–H groups in total. The molecule has 98 valence electrons. The van der Waals surface area contributed by atoms with Crippen LogP contribution in [0.1, 0.15) is 18.1 Å². The number of rotatable bonds is 3. The summed E-state index contributed by atoms with van der Waals surface area (Å²) in [5.74, 6) is -1.19. The number of amides is 1. The van der Waals surface area contributed by atoms with Crippen molar-refractivity contribution in [1.29, 1.82) is 0 Å². The van der Waals surface area contributed by atoms with Gasteiger partial charge < -0.3 is 14.8 Å². The van der Waals surface area contributed by atoms with E-state index in [1.807, 2.05) is 19.9 Å². The molecule has 0 aromatic heterocycles. The van der Waals surface area contributed by atoms with Crippen LogP contribution < -0.4 is 10.1 Å². The van der Waals surface area contributed by atoms with Crippen molar-refractivity contribution in [3.05, 3.63) is 23.3 Å². The molecule has 1 rings (SSSR count). The number of methoxy groups -OCH3 is 1. The second kappa shape index (κ2) is 6.05. The van der Waals surface area contributed by atoms with Gasteiger partial charge in [0, 0.05) is 0 Å². The fourth-order valence-corrected chi connectivity index (χ4v) is 1.61. The lowest BCUT2D eigenvalue weighted by molar-refractivity contribution is -0.152. The van der Waals surface area contributed by atoms with Crippen molar-refractivity contribution >= 4 is 17.6 Å². The summed E-state index contributed by atoms with van der Waals surface area (Å²) < 4.78 is 9.80. The summed E-state index contributed by atoms with van der Waals surface area (Å²) in [6, 6.07) is 3.68.